The SMILES string of the molecule is C#Cc1c(F)ccc2cccc(-c3cc4nc(OC[C@@]56CCCN5C[C@H](F)C6)nc(N5C[C@H]6CC[C@@H](C5)N6)c4c(C#C)n3)c12. The fraction of sp³-hybridized carbons (Fsp3) is 0.400. The Bertz CT molecular complexity index is 1890. The number of hydrogen-bond acceptors (Lipinski definition) is 7. The first-order valence-electron chi connectivity index (χ1n) is 15.4. The topological polar surface area (TPSA) is 66.4 Å². The molecular weight excluding hydrogens is 558 g/mol. The molecule has 0 amide bonds. The Kier molecular flexibility index (Phi) is 6.44. The predicted octanol–water partition coefficient (Wildman–Crippen LogP) is 4.84. The summed E-state index contributed by atoms with van der Waals surface area (Å²) in [5.74, 6) is 5.52. The standard InChI is InChI=1S/C35H32F2N6O/c1-3-25-27(37)12-9-21-7-5-8-26(31(21)25)29-15-30-32(28(4-2)39-29)33(42-18-23-10-11-24(19-42)38-23)41-34(40-30)44-20-35-13-6-14-43(35)17-22(36)16-35/h1-2,5,7-9,12,15,22-24,38H,6,10-11,13-14,16-20H2/t22-,23-,24+,35+/m1/s1. The van der Waals surface area contributed by atoms with Crippen LogP contribution in [0.4, 0.5) is 14.6 Å². The number of halogens is 2. The fourth-order valence-electron chi connectivity index (χ4n) is 7.98. The van der Waals surface area contributed by atoms with E-state index in [2.05, 4.69) is 27.0 Å². The molecule has 4 aliphatic heterocycles. The molecule has 6 heterocycles. The lowest BCUT2D eigenvalue weighted by molar-refractivity contribution is 0.107. The van der Waals surface area contributed by atoms with Crippen LogP contribution in [0.5, 0.6) is 6.01 Å². The van der Waals surface area contributed by atoms with Crippen molar-refractivity contribution < 1.29 is 13.5 Å². The van der Waals surface area contributed by atoms with E-state index in [0.29, 0.717) is 70.7 Å². The Balaban J connectivity index is 1.28. The molecule has 8 rings (SSSR count). The number of aromatic nitrogens is 3. The predicted molar refractivity (Wildman–Crippen MR) is 167 cm³/mol. The van der Waals surface area contributed by atoms with Gasteiger partial charge in [-0.3, -0.25) is 4.90 Å². The summed E-state index contributed by atoms with van der Waals surface area (Å²) in [6.07, 6.45) is 15.6. The number of piperazine rings is 1. The van der Waals surface area contributed by atoms with Crippen LogP contribution in [-0.4, -0.2) is 76.4 Å². The minimum atomic E-state index is -0.853. The molecule has 2 aromatic carbocycles. The number of rotatable bonds is 5. The van der Waals surface area contributed by atoms with Crippen molar-refractivity contribution in [1.82, 2.24) is 25.2 Å². The van der Waals surface area contributed by atoms with Gasteiger partial charge in [0.25, 0.3) is 0 Å². The first kappa shape index (κ1) is 27.3. The molecule has 4 atom stereocenters. The lowest BCUT2D eigenvalue weighted by atomic mass is 9.95. The molecule has 4 aliphatic rings. The van der Waals surface area contributed by atoms with Gasteiger partial charge in [-0.05, 0) is 55.7 Å². The minimum Gasteiger partial charge on any atom is -0.461 e. The van der Waals surface area contributed by atoms with Gasteiger partial charge in [-0.2, -0.15) is 9.97 Å². The van der Waals surface area contributed by atoms with E-state index in [1.807, 2.05) is 24.3 Å². The van der Waals surface area contributed by atoms with Gasteiger partial charge in [0, 0.05) is 49.1 Å². The van der Waals surface area contributed by atoms with E-state index in [1.54, 1.807) is 6.07 Å². The van der Waals surface area contributed by atoms with Crippen molar-refractivity contribution in [2.45, 2.75) is 55.9 Å². The molecule has 1 N–H and O–H groups in total. The summed E-state index contributed by atoms with van der Waals surface area (Å²) in [6.45, 7) is 3.21. The van der Waals surface area contributed by atoms with Crippen LogP contribution in [0.2, 0.25) is 0 Å². The highest BCUT2D eigenvalue weighted by Gasteiger charge is 2.49. The van der Waals surface area contributed by atoms with Crippen LogP contribution >= 0.6 is 0 Å². The van der Waals surface area contributed by atoms with E-state index >= 15 is 0 Å². The average Bonchev–Trinajstić information content (AvgIpc) is 3.68. The second kappa shape index (κ2) is 10.4. The quantitative estimate of drug-likeness (QED) is 0.334. The van der Waals surface area contributed by atoms with Gasteiger partial charge in [0.05, 0.1) is 27.7 Å². The third-order valence-corrected chi connectivity index (χ3v) is 9.94. The Labute approximate surface area is 255 Å². The first-order valence-corrected chi connectivity index (χ1v) is 15.4. The van der Waals surface area contributed by atoms with Crippen LogP contribution < -0.4 is 15.0 Å². The second-order valence-corrected chi connectivity index (χ2v) is 12.6. The largest absolute Gasteiger partial charge is 0.461 e. The second-order valence-electron chi connectivity index (χ2n) is 12.6. The van der Waals surface area contributed by atoms with Gasteiger partial charge in [-0.15, -0.1) is 12.8 Å². The third kappa shape index (κ3) is 4.37. The van der Waals surface area contributed by atoms with E-state index in [4.69, 9.17) is 32.5 Å². The van der Waals surface area contributed by atoms with Crippen molar-refractivity contribution in [3.05, 3.63) is 53.5 Å². The number of hydrogen-bond donors (Lipinski definition) is 1. The molecule has 4 aromatic rings. The Morgan fingerprint density at radius 2 is 1.86 bits per heavy atom. The number of terminal acetylenes is 2. The summed E-state index contributed by atoms with van der Waals surface area (Å²) in [5, 5.41) is 5.75. The molecule has 0 spiro atoms. The highest BCUT2D eigenvalue weighted by atomic mass is 19.1. The number of fused-ring (bicyclic) bond motifs is 5. The summed E-state index contributed by atoms with van der Waals surface area (Å²) >= 11 is 0. The van der Waals surface area contributed by atoms with Gasteiger partial charge < -0.3 is 15.0 Å². The van der Waals surface area contributed by atoms with Crippen LogP contribution in [0.1, 0.15) is 43.4 Å². The Morgan fingerprint density at radius 3 is 2.66 bits per heavy atom. The molecule has 9 heteroatoms. The van der Waals surface area contributed by atoms with Crippen LogP contribution in [0.25, 0.3) is 32.9 Å². The molecule has 44 heavy (non-hydrogen) atoms. The van der Waals surface area contributed by atoms with Crippen molar-refractivity contribution in [2.75, 3.05) is 37.7 Å². The van der Waals surface area contributed by atoms with E-state index in [9.17, 15) is 8.78 Å². The van der Waals surface area contributed by atoms with Gasteiger partial charge in [-0.1, -0.05) is 30.2 Å². The van der Waals surface area contributed by atoms with E-state index < -0.39 is 12.0 Å². The van der Waals surface area contributed by atoms with Crippen LogP contribution in [-0.2, 0) is 0 Å². The maximum absolute atomic E-state index is 14.9. The van der Waals surface area contributed by atoms with E-state index in [0.717, 1.165) is 50.7 Å². The van der Waals surface area contributed by atoms with Crippen molar-refractivity contribution in [3.8, 4) is 42.0 Å². The zero-order valence-electron chi connectivity index (χ0n) is 24.3. The third-order valence-electron chi connectivity index (χ3n) is 9.94. The molecule has 7 nitrogen and oxygen atoms in total. The molecular formula is C35H32F2N6O. The van der Waals surface area contributed by atoms with Crippen molar-refractivity contribution >= 4 is 27.5 Å². The minimum absolute atomic E-state index is 0.175. The molecule has 4 fully saturated rings. The molecule has 0 unspecified atom stereocenters. The maximum atomic E-state index is 14.9. The van der Waals surface area contributed by atoms with Crippen molar-refractivity contribution in [3.63, 3.8) is 0 Å². The molecule has 0 radical (unpaired) electrons. The number of nitrogens with zero attached hydrogens (tertiary/aromatic N) is 5. The number of benzene rings is 2. The Hall–Kier alpha value is -4.31. The molecule has 4 saturated heterocycles. The Morgan fingerprint density at radius 1 is 1.02 bits per heavy atom. The number of ether oxygens (including phenoxy) is 1. The van der Waals surface area contributed by atoms with E-state index in [-0.39, 0.29) is 17.1 Å². The summed E-state index contributed by atoms with van der Waals surface area (Å²) in [5.41, 5.74) is 2.02. The molecule has 0 aliphatic carbocycles. The number of nitrogens with one attached hydrogen (secondary N) is 1. The summed E-state index contributed by atoms with van der Waals surface area (Å²) in [6, 6.07) is 11.6. The molecule has 0 saturated carbocycles. The van der Waals surface area contributed by atoms with Gasteiger partial charge in [0.15, 0.2) is 0 Å². The van der Waals surface area contributed by atoms with E-state index in [1.165, 1.54) is 6.07 Å². The average molecular weight is 591 g/mol. The molecule has 222 valence electrons. The van der Waals surface area contributed by atoms with Gasteiger partial charge in [0.1, 0.15) is 30.1 Å². The summed E-state index contributed by atoms with van der Waals surface area (Å²) < 4.78 is 35.7. The highest BCUT2D eigenvalue weighted by molar-refractivity contribution is 6.02. The van der Waals surface area contributed by atoms with Crippen molar-refractivity contribution in [2.24, 2.45) is 0 Å². The van der Waals surface area contributed by atoms with Gasteiger partial charge >= 0.3 is 6.01 Å². The van der Waals surface area contributed by atoms with Crippen molar-refractivity contribution in [1.29, 1.82) is 0 Å². The smallest absolute Gasteiger partial charge is 0.319 e. The van der Waals surface area contributed by atoms with Crippen LogP contribution in [0, 0.1) is 30.5 Å². The van der Waals surface area contributed by atoms with Gasteiger partial charge in [-0.25, -0.2) is 13.8 Å². The number of pyridine rings is 1. The maximum Gasteiger partial charge on any atom is 0.319 e. The lowest BCUT2D eigenvalue weighted by Crippen LogP contribution is -2.51. The monoisotopic (exact) mass is 590 g/mol. The highest BCUT2D eigenvalue weighted by Crippen LogP contribution is 2.41. The summed E-state index contributed by atoms with van der Waals surface area (Å²) in [7, 11) is 0. The molecule has 2 bridgehead atoms. The normalized spacial score (nSPS) is 26.2. The first-order chi connectivity index (χ1) is 21.4. The van der Waals surface area contributed by atoms with Gasteiger partial charge in [0.2, 0.25) is 0 Å². The zero-order valence-corrected chi connectivity index (χ0v) is 24.3. The fourth-order valence-corrected chi connectivity index (χ4v) is 7.98. The summed E-state index contributed by atoms with van der Waals surface area (Å²) in [4.78, 5) is 19.2. The van der Waals surface area contributed by atoms with Crippen LogP contribution in [0.15, 0.2) is 36.4 Å². The number of alkyl halides is 1. The lowest BCUT2D eigenvalue weighted by Gasteiger charge is -2.34. The number of anilines is 1. The zero-order chi connectivity index (χ0) is 30.0. The molecule has 2 aromatic heterocycles. The van der Waals surface area contributed by atoms with Crippen LogP contribution in [0.3, 0.4) is 0 Å².